The molecular weight excluding hydrogens is 386 g/mol. The Balaban J connectivity index is 1.92. The molecule has 0 aliphatic carbocycles. The summed E-state index contributed by atoms with van der Waals surface area (Å²) in [5.41, 5.74) is 4.36. The Morgan fingerprint density at radius 3 is 2.43 bits per heavy atom. The standard InChI is InChI=1S/C21H21N5O4/c1-21(2,3)30-20(27)23-22-13-16-14-25(17-7-5-4-6-8-17)24-19(16)15-9-11-18(12-10-15)26(28)29/h4-14H,1-3H3,(H,23,27)/b22-13-. The summed E-state index contributed by atoms with van der Waals surface area (Å²) in [5, 5.41) is 19.5. The Morgan fingerprint density at radius 2 is 1.83 bits per heavy atom. The molecule has 154 valence electrons. The van der Waals surface area contributed by atoms with Crippen LogP contribution in [-0.4, -0.2) is 32.6 Å². The number of hydrogen-bond donors (Lipinski definition) is 1. The molecule has 0 saturated carbocycles. The summed E-state index contributed by atoms with van der Waals surface area (Å²) < 4.78 is 6.82. The van der Waals surface area contributed by atoms with Crippen molar-refractivity contribution in [1.82, 2.24) is 15.2 Å². The predicted molar refractivity (Wildman–Crippen MR) is 113 cm³/mol. The van der Waals surface area contributed by atoms with Crippen molar-refractivity contribution in [2.24, 2.45) is 5.10 Å². The normalized spacial score (nSPS) is 11.4. The molecule has 0 unspecified atom stereocenters. The number of benzene rings is 2. The number of nitro groups is 1. The van der Waals surface area contributed by atoms with Crippen LogP contribution in [0.2, 0.25) is 0 Å². The number of non-ortho nitro benzene ring substituents is 1. The molecule has 0 spiro atoms. The number of nitrogens with zero attached hydrogens (tertiary/aromatic N) is 4. The van der Waals surface area contributed by atoms with Crippen molar-refractivity contribution in [2.45, 2.75) is 26.4 Å². The van der Waals surface area contributed by atoms with E-state index in [9.17, 15) is 14.9 Å². The van der Waals surface area contributed by atoms with Crippen LogP contribution in [0.1, 0.15) is 26.3 Å². The average molecular weight is 407 g/mol. The molecule has 3 rings (SSSR count). The topological polar surface area (TPSA) is 112 Å². The first kappa shape index (κ1) is 20.7. The Morgan fingerprint density at radius 1 is 1.17 bits per heavy atom. The summed E-state index contributed by atoms with van der Waals surface area (Å²) in [6, 6.07) is 15.5. The van der Waals surface area contributed by atoms with E-state index in [1.807, 2.05) is 30.3 Å². The zero-order chi connectivity index (χ0) is 21.7. The Bertz CT molecular complexity index is 1070. The third-order valence-electron chi connectivity index (χ3n) is 3.87. The van der Waals surface area contributed by atoms with Gasteiger partial charge in [0, 0.05) is 29.5 Å². The smallest absolute Gasteiger partial charge is 0.428 e. The molecular formula is C21H21N5O4. The third-order valence-corrected chi connectivity index (χ3v) is 3.87. The summed E-state index contributed by atoms with van der Waals surface area (Å²) in [6.07, 6.45) is 2.53. The van der Waals surface area contributed by atoms with Gasteiger partial charge < -0.3 is 4.74 Å². The number of aromatic nitrogens is 2. The number of para-hydroxylation sites is 1. The van der Waals surface area contributed by atoms with Crippen molar-refractivity contribution in [2.75, 3.05) is 0 Å². The summed E-state index contributed by atoms with van der Waals surface area (Å²) in [6.45, 7) is 5.27. The number of amides is 1. The minimum absolute atomic E-state index is 0.0111. The fourth-order valence-electron chi connectivity index (χ4n) is 2.62. The Labute approximate surface area is 173 Å². The second-order valence-corrected chi connectivity index (χ2v) is 7.39. The molecule has 2 aromatic carbocycles. The van der Waals surface area contributed by atoms with Crippen molar-refractivity contribution < 1.29 is 14.5 Å². The number of carbonyl (C=O) groups is 1. The molecule has 1 N–H and O–H groups in total. The van der Waals surface area contributed by atoms with Gasteiger partial charge in [-0.25, -0.2) is 14.9 Å². The number of hydrogen-bond acceptors (Lipinski definition) is 6. The first-order valence-electron chi connectivity index (χ1n) is 9.15. The highest BCUT2D eigenvalue weighted by atomic mass is 16.6. The quantitative estimate of drug-likeness (QED) is 0.385. The molecule has 9 nitrogen and oxygen atoms in total. The van der Waals surface area contributed by atoms with Crippen LogP contribution in [0.15, 0.2) is 65.9 Å². The minimum atomic E-state index is -0.675. The van der Waals surface area contributed by atoms with E-state index < -0.39 is 16.6 Å². The van der Waals surface area contributed by atoms with E-state index in [2.05, 4.69) is 15.6 Å². The summed E-state index contributed by atoms with van der Waals surface area (Å²) in [4.78, 5) is 22.3. The molecule has 0 aliphatic rings. The predicted octanol–water partition coefficient (Wildman–Crippen LogP) is 4.31. The second kappa shape index (κ2) is 8.56. The van der Waals surface area contributed by atoms with Gasteiger partial charge in [-0.3, -0.25) is 10.1 Å². The van der Waals surface area contributed by atoms with Crippen molar-refractivity contribution in [3.05, 3.63) is 76.5 Å². The van der Waals surface area contributed by atoms with Crippen LogP contribution < -0.4 is 5.43 Å². The van der Waals surface area contributed by atoms with Crippen molar-refractivity contribution in [1.29, 1.82) is 0 Å². The van der Waals surface area contributed by atoms with Crippen molar-refractivity contribution >= 4 is 18.0 Å². The van der Waals surface area contributed by atoms with E-state index in [4.69, 9.17) is 4.74 Å². The highest BCUT2D eigenvalue weighted by Crippen LogP contribution is 2.25. The van der Waals surface area contributed by atoms with Crippen LogP contribution in [0.5, 0.6) is 0 Å². The maximum absolute atomic E-state index is 11.8. The van der Waals surface area contributed by atoms with Crippen LogP contribution in [0.4, 0.5) is 10.5 Å². The summed E-state index contributed by atoms with van der Waals surface area (Å²) in [5.74, 6) is 0. The molecule has 0 bridgehead atoms. The van der Waals surface area contributed by atoms with Gasteiger partial charge in [-0.05, 0) is 45.0 Å². The molecule has 1 aromatic heterocycles. The molecule has 30 heavy (non-hydrogen) atoms. The highest BCUT2D eigenvalue weighted by Gasteiger charge is 2.16. The van der Waals surface area contributed by atoms with Crippen LogP contribution >= 0.6 is 0 Å². The maximum atomic E-state index is 11.8. The SMILES string of the molecule is CC(C)(C)OC(=O)N/N=C\c1cn(-c2ccccc2)nc1-c1ccc([N+](=O)[O-])cc1. The minimum Gasteiger partial charge on any atom is -0.443 e. The molecule has 0 aliphatic heterocycles. The zero-order valence-electron chi connectivity index (χ0n) is 16.8. The number of carbonyl (C=O) groups excluding carboxylic acids is 1. The second-order valence-electron chi connectivity index (χ2n) is 7.39. The lowest BCUT2D eigenvalue weighted by Crippen LogP contribution is -2.29. The van der Waals surface area contributed by atoms with Crippen LogP contribution in [0, 0.1) is 10.1 Å². The molecule has 1 heterocycles. The number of rotatable bonds is 5. The number of nitrogens with one attached hydrogen (secondary N) is 1. The van der Waals surface area contributed by atoms with E-state index in [0.29, 0.717) is 16.8 Å². The lowest BCUT2D eigenvalue weighted by molar-refractivity contribution is -0.384. The summed E-state index contributed by atoms with van der Waals surface area (Å²) >= 11 is 0. The number of hydrazone groups is 1. The first-order valence-corrected chi connectivity index (χ1v) is 9.15. The average Bonchev–Trinajstić information content (AvgIpc) is 3.11. The zero-order valence-corrected chi connectivity index (χ0v) is 16.8. The van der Waals surface area contributed by atoms with Gasteiger partial charge >= 0.3 is 6.09 Å². The molecule has 9 heteroatoms. The fraction of sp³-hybridized carbons (Fsp3) is 0.190. The molecule has 1 amide bonds. The van der Waals surface area contributed by atoms with Gasteiger partial charge in [0.1, 0.15) is 11.3 Å². The summed E-state index contributed by atoms with van der Waals surface area (Å²) in [7, 11) is 0. The molecule has 0 atom stereocenters. The molecule has 0 saturated heterocycles. The molecule has 0 radical (unpaired) electrons. The van der Waals surface area contributed by atoms with Gasteiger partial charge in [0.2, 0.25) is 0 Å². The fourth-order valence-corrected chi connectivity index (χ4v) is 2.62. The lowest BCUT2D eigenvalue weighted by Gasteiger charge is -2.18. The van der Waals surface area contributed by atoms with Gasteiger partial charge in [0.15, 0.2) is 0 Å². The monoisotopic (exact) mass is 407 g/mol. The van der Waals surface area contributed by atoms with Crippen LogP contribution in [0.25, 0.3) is 16.9 Å². The maximum Gasteiger partial charge on any atom is 0.428 e. The Hall–Kier alpha value is -4.01. The van der Waals surface area contributed by atoms with Gasteiger partial charge in [0.05, 0.1) is 16.8 Å². The van der Waals surface area contributed by atoms with Gasteiger partial charge in [-0.15, -0.1) is 0 Å². The van der Waals surface area contributed by atoms with Gasteiger partial charge in [-0.2, -0.15) is 10.2 Å². The number of nitro benzene ring substituents is 1. The largest absolute Gasteiger partial charge is 0.443 e. The van der Waals surface area contributed by atoms with Gasteiger partial charge in [-0.1, -0.05) is 18.2 Å². The first-order chi connectivity index (χ1) is 14.2. The van der Waals surface area contributed by atoms with Gasteiger partial charge in [0.25, 0.3) is 5.69 Å². The number of ether oxygens (including phenoxy) is 1. The highest BCUT2D eigenvalue weighted by molar-refractivity contribution is 5.89. The van der Waals surface area contributed by atoms with Crippen molar-refractivity contribution in [3.8, 4) is 16.9 Å². The van der Waals surface area contributed by atoms with E-state index in [1.165, 1.54) is 18.3 Å². The lowest BCUT2D eigenvalue weighted by atomic mass is 10.1. The Kier molecular flexibility index (Phi) is 5.91. The molecule has 3 aromatic rings. The van der Waals surface area contributed by atoms with Crippen molar-refractivity contribution in [3.63, 3.8) is 0 Å². The third kappa shape index (κ3) is 5.28. The van der Waals surface area contributed by atoms with E-state index in [-0.39, 0.29) is 5.69 Å². The van der Waals surface area contributed by atoms with Crippen LogP contribution in [0.3, 0.4) is 0 Å². The van der Waals surface area contributed by atoms with E-state index in [1.54, 1.807) is 43.8 Å². The van der Waals surface area contributed by atoms with E-state index >= 15 is 0 Å². The van der Waals surface area contributed by atoms with Crippen LogP contribution in [-0.2, 0) is 4.74 Å². The molecule has 0 fully saturated rings. The van der Waals surface area contributed by atoms with E-state index in [0.717, 1.165) is 5.69 Å².